The standard InChI is InChI=1S/C9H12/c1-2-4-6-8-9-7-5-3-1/h1-4,7,9H,5-6,8H2/b3-1?,4-2-,9-7+. The molecule has 0 amide bonds. The van der Waals surface area contributed by atoms with Crippen molar-refractivity contribution in [2.45, 2.75) is 19.3 Å². The molecule has 0 radical (unpaired) electrons. The maximum atomic E-state index is 2.24. The normalized spacial score (nSPS) is 25.8. The molecule has 0 bridgehead atoms. The van der Waals surface area contributed by atoms with Crippen LogP contribution < -0.4 is 0 Å². The Labute approximate surface area is 56.6 Å². The average molecular weight is 120 g/mol. The third-order valence-electron chi connectivity index (χ3n) is 1.32. The summed E-state index contributed by atoms with van der Waals surface area (Å²) in [6.45, 7) is 0. The minimum absolute atomic E-state index is 1.09. The predicted molar refractivity (Wildman–Crippen MR) is 41.3 cm³/mol. The van der Waals surface area contributed by atoms with Gasteiger partial charge < -0.3 is 0 Å². The molecular weight excluding hydrogens is 108 g/mol. The van der Waals surface area contributed by atoms with Crippen LogP contribution in [-0.4, -0.2) is 0 Å². The second-order valence-corrected chi connectivity index (χ2v) is 2.14. The Kier molecular flexibility index (Phi) is 2.91. The quantitative estimate of drug-likeness (QED) is 0.431. The van der Waals surface area contributed by atoms with Gasteiger partial charge in [-0.25, -0.2) is 0 Å². The predicted octanol–water partition coefficient (Wildman–Crippen LogP) is 2.84. The Bertz CT molecular complexity index is 138. The van der Waals surface area contributed by atoms with E-state index in [1.165, 1.54) is 12.8 Å². The van der Waals surface area contributed by atoms with Crippen molar-refractivity contribution in [3.63, 3.8) is 0 Å². The van der Waals surface area contributed by atoms with Crippen LogP contribution >= 0.6 is 0 Å². The van der Waals surface area contributed by atoms with Gasteiger partial charge in [0.2, 0.25) is 0 Å². The minimum Gasteiger partial charge on any atom is -0.0879 e. The van der Waals surface area contributed by atoms with Crippen LogP contribution in [0.25, 0.3) is 0 Å². The van der Waals surface area contributed by atoms with Gasteiger partial charge in [0.15, 0.2) is 0 Å². The molecule has 0 heteroatoms. The lowest BCUT2D eigenvalue weighted by Gasteiger charge is -1.81. The highest BCUT2D eigenvalue weighted by Gasteiger charge is 1.77. The third kappa shape index (κ3) is 2.91. The largest absolute Gasteiger partial charge is 0.0879 e. The van der Waals surface area contributed by atoms with E-state index in [9.17, 15) is 0 Å². The molecule has 1 aliphatic rings. The van der Waals surface area contributed by atoms with E-state index in [0.717, 1.165) is 6.42 Å². The molecule has 0 saturated heterocycles. The van der Waals surface area contributed by atoms with Crippen molar-refractivity contribution in [1.82, 2.24) is 0 Å². The molecule has 0 saturated carbocycles. The van der Waals surface area contributed by atoms with Crippen LogP contribution in [0.1, 0.15) is 19.3 Å². The first-order valence-electron chi connectivity index (χ1n) is 3.47. The maximum absolute atomic E-state index is 2.24. The molecule has 0 heterocycles. The van der Waals surface area contributed by atoms with E-state index < -0.39 is 0 Å². The van der Waals surface area contributed by atoms with Crippen LogP contribution in [0, 0.1) is 0 Å². The van der Waals surface area contributed by atoms with Crippen molar-refractivity contribution in [3.8, 4) is 0 Å². The summed E-state index contributed by atoms with van der Waals surface area (Å²) in [4.78, 5) is 0. The molecule has 0 nitrogen and oxygen atoms in total. The van der Waals surface area contributed by atoms with Gasteiger partial charge in [-0.15, -0.1) is 0 Å². The van der Waals surface area contributed by atoms with E-state index in [-0.39, 0.29) is 0 Å². The fraction of sp³-hybridized carbons (Fsp3) is 0.333. The van der Waals surface area contributed by atoms with Crippen LogP contribution in [0.2, 0.25) is 0 Å². The summed E-state index contributed by atoms with van der Waals surface area (Å²) in [6.07, 6.45) is 16.5. The highest BCUT2D eigenvalue weighted by molar-refractivity contribution is 5.06. The number of allylic oxidation sites excluding steroid dienone is 6. The summed E-state index contributed by atoms with van der Waals surface area (Å²) < 4.78 is 0. The third-order valence-corrected chi connectivity index (χ3v) is 1.32. The number of hydrogen-bond acceptors (Lipinski definition) is 0. The Morgan fingerprint density at radius 3 is 2.44 bits per heavy atom. The van der Waals surface area contributed by atoms with Crippen LogP contribution in [0.3, 0.4) is 0 Å². The summed E-state index contributed by atoms with van der Waals surface area (Å²) in [5.74, 6) is 0. The fourth-order valence-corrected chi connectivity index (χ4v) is 0.817. The lowest BCUT2D eigenvalue weighted by molar-refractivity contribution is 1.05. The lowest BCUT2D eigenvalue weighted by atomic mass is 10.3. The van der Waals surface area contributed by atoms with Gasteiger partial charge in [0.25, 0.3) is 0 Å². The lowest BCUT2D eigenvalue weighted by Crippen LogP contribution is -1.61. The monoisotopic (exact) mass is 120 g/mol. The van der Waals surface area contributed by atoms with E-state index >= 15 is 0 Å². The first kappa shape index (κ1) is 6.34. The first-order chi connectivity index (χ1) is 4.50. The zero-order chi connectivity index (χ0) is 6.36. The topological polar surface area (TPSA) is 0 Å². The second kappa shape index (κ2) is 4.13. The highest BCUT2D eigenvalue weighted by Crippen LogP contribution is 1.98. The Balaban J connectivity index is 2.43. The van der Waals surface area contributed by atoms with Crippen molar-refractivity contribution in [1.29, 1.82) is 0 Å². The molecule has 48 valence electrons. The second-order valence-electron chi connectivity index (χ2n) is 2.14. The van der Waals surface area contributed by atoms with E-state index in [4.69, 9.17) is 0 Å². The molecule has 1 rings (SSSR count). The van der Waals surface area contributed by atoms with Gasteiger partial charge in [0, 0.05) is 0 Å². The van der Waals surface area contributed by atoms with Gasteiger partial charge in [-0.3, -0.25) is 0 Å². The zero-order valence-corrected chi connectivity index (χ0v) is 5.59. The number of rotatable bonds is 0. The summed E-state index contributed by atoms with van der Waals surface area (Å²) in [6, 6.07) is 0. The zero-order valence-electron chi connectivity index (χ0n) is 5.59. The van der Waals surface area contributed by atoms with Gasteiger partial charge in [-0.05, 0) is 19.3 Å². The van der Waals surface area contributed by atoms with Gasteiger partial charge in [-0.2, -0.15) is 0 Å². The smallest absolute Gasteiger partial charge is 0.0166 e. The molecule has 0 unspecified atom stereocenters. The van der Waals surface area contributed by atoms with Gasteiger partial charge in [-0.1, -0.05) is 36.5 Å². The molecule has 0 atom stereocenters. The summed E-state index contributed by atoms with van der Waals surface area (Å²) in [7, 11) is 0. The number of hydrogen-bond donors (Lipinski definition) is 0. The van der Waals surface area contributed by atoms with Crippen LogP contribution in [0.15, 0.2) is 36.5 Å². The van der Waals surface area contributed by atoms with Crippen molar-refractivity contribution in [2.24, 2.45) is 0 Å². The molecule has 0 aromatic rings. The molecule has 9 heavy (non-hydrogen) atoms. The molecule has 0 aromatic heterocycles. The van der Waals surface area contributed by atoms with Crippen molar-refractivity contribution < 1.29 is 0 Å². The van der Waals surface area contributed by atoms with Gasteiger partial charge >= 0.3 is 0 Å². The highest BCUT2D eigenvalue weighted by atomic mass is 13.8. The van der Waals surface area contributed by atoms with Crippen molar-refractivity contribution in [2.75, 3.05) is 0 Å². The van der Waals surface area contributed by atoms with E-state index in [1.807, 2.05) is 0 Å². The summed E-state index contributed by atoms with van der Waals surface area (Å²) in [5.41, 5.74) is 0. The fourth-order valence-electron chi connectivity index (χ4n) is 0.817. The van der Waals surface area contributed by atoms with Crippen LogP contribution in [0.4, 0.5) is 0 Å². The molecular formula is C9H12. The molecule has 0 fully saturated rings. The van der Waals surface area contributed by atoms with Crippen molar-refractivity contribution >= 4 is 0 Å². The Hall–Kier alpha value is -0.780. The molecule has 0 N–H and O–H groups in total. The van der Waals surface area contributed by atoms with Crippen LogP contribution in [-0.2, 0) is 0 Å². The SMILES string of the molecule is C1=CC/C=C/CC/C=C\1. The summed E-state index contributed by atoms with van der Waals surface area (Å²) >= 11 is 0. The van der Waals surface area contributed by atoms with Crippen molar-refractivity contribution in [3.05, 3.63) is 36.5 Å². The van der Waals surface area contributed by atoms with E-state index in [0.29, 0.717) is 0 Å². The van der Waals surface area contributed by atoms with Gasteiger partial charge in [0.1, 0.15) is 0 Å². The van der Waals surface area contributed by atoms with E-state index in [1.54, 1.807) is 0 Å². The average Bonchev–Trinajstić information content (AvgIpc) is 2.00. The summed E-state index contributed by atoms with van der Waals surface area (Å²) in [5, 5.41) is 0. The van der Waals surface area contributed by atoms with Gasteiger partial charge in [0.05, 0.1) is 0 Å². The Morgan fingerprint density at radius 1 is 0.667 bits per heavy atom. The molecule has 0 aromatic carbocycles. The minimum atomic E-state index is 1.09. The molecule has 0 spiro atoms. The van der Waals surface area contributed by atoms with Crippen LogP contribution in [0.5, 0.6) is 0 Å². The molecule has 0 aliphatic heterocycles. The molecule has 1 aliphatic carbocycles. The Morgan fingerprint density at radius 2 is 1.44 bits per heavy atom. The maximum Gasteiger partial charge on any atom is -0.0166 e. The van der Waals surface area contributed by atoms with E-state index in [2.05, 4.69) is 36.5 Å². The first-order valence-corrected chi connectivity index (χ1v) is 3.47.